The molecule has 0 aromatic heterocycles. The van der Waals surface area contributed by atoms with Crippen LogP contribution in [0.3, 0.4) is 0 Å². The molecule has 2 saturated heterocycles. The number of carbonyl (C=O) groups is 1. The molecule has 2 heterocycles. The normalized spacial score (nSPS) is 30.3. The molecule has 2 rings (SSSR count). The van der Waals surface area contributed by atoms with Gasteiger partial charge >= 0.3 is 0 Å². The van der Waals surface area contributed by atoms with Gasteiger partial charge in [-0.3, -0.25) is 9.69 Å². The van der Waals surface area contributed by atoms with Crippen LogP contribution in [0.25, 0.3) is 0 Å². The Bertz CT molecular complexity index is 195. The van der Waals surface area contributed by atoms with Crippen LogP contribution in [0.4, 0.5) is 0 Å². The molecular weight excluding hydrogens is 166 g/mol. The number of amides is 1. The first-order chi connectivity index (χ1) is 6.25. The molecule has 1 amide bonds. The van der Waals surface area contributed by atoms with Crippen LogP contribution >= 0.6 is 0 Å². The van der Waals surface area contributed by atoms with Crippen LogP contribution in [-0.4, -0.2) is 43.0 Å². The van der Waals surface area contributed by atoms with Gasteiger partial charge in [0.2, 0.25) is 5.91 Å². The predicted octanol–water partition coefficient (Wildman–Crippen LogP) is -0.844. The summed E-state index contributed by atoms with van der Waals surface area (Å²) in [6.07, 6.45) is 1.82. The summed E-state index contributed by atoms with van der Waals surface area (Å²) in [5.41, 5.74) is 5.13. The maximum absolute atomic E-state index is 10.6. The van der Waals surface area contributed by atoms with Gasteiger partial charge < -0.3 is 11.1 Å². The number of carbonyl (C=O) groups excluding carboxylic acids is 1. The zero-order valence-corrected chi connectivity index (χ0v) is 7.83. The van der Waals surface area contributed by atoms with Gasteiger partial charge in [0, 0.05) is 32.1 Å². The number of nitrogens with two attached hydrogens (primary N) is 1. The minimum absolute atomic E-state index is 0.158. The number of primary amides is 1. The van der Waals surface area contributed by atoms with E-state index in [2.05, 4.69) is 10.2 Å². The minimum Gasteiger partial charge on any atom is -0.370 e. The third kappa shape index (κ3) is 2.00. The van der Waals surface area contributed by atoms with Gasteiger partial charge in [-0.05, 0) is 18.9 Å². The molecule has 0 radical (unpaired) electrons. The monoisotopic (exact) mass is 183 g/mol. The molecule has 3 N–H and O–H groups in total. The van der Waals surface area contributed by atoms with Gasteiger partial charge in [0.1, 0.15) is 0 Å². The highest BCUT2D eigenvalue weighted by atomic mass is 16.1. The van der Waals surface area contributed by atoms with Crippen molar-refractivity contribution in [2.45, 2.75) is 18.9 Å². The molecule has 0 spiro atoms. The third-order valence-corrected chi connectivity index (χ3v) is 3.03. The van der Waals surface area contributed by atoms with Crippen LogP contribution in [0.15, 0.2) is 0 Å². The molecule has 74 valence electrons. The van der Waals surface area contributed by atoms with Crippen LogP contribution in [0.1, 0.15) is 12.8 Å². The quantitative estimate of drug-likeness (QED) is 0.599. The number of likely N-dealkylation sites (tertiary alicyclic amines) is 1. The predicted molar refractivity (Wildman–Crippen MR) is 50.1 cm³/mol. The first-order valence-electron chi connectivity index (χ1n) is 4.99. The van der Waals surface area contributed by atoms with Crippen LogP contribution in [-0.2, 0) is 4.79 Å². The summed E-state index contributed by atoms with van der Waals surface area (Å²) >= 11 is 0. The second-order valence-electron chi connectivity index (χ2n) is 4.14. The van der Waals surface area contributed by atoms with Crippen LogP contribution < -0.4 is 11.1 Å². The molecule has 0 aliphatic carbocycles. The second-order valence-corrected chi connectivity index (χ2v) is 4.14. The molecule has 0 aromatic carbocycles. The lowest BCUT2D eigenvalue weighted by atomic mass is 9.94. The molecule has 4 nitrogen and oxygen atoms in total. The molecule has 13 heavy (non-hydrogen) atoms. The summed E-state index contributed by atoms with van der Waals surface area (Å²) in [5, 5.41) is 3.34. The highest BCUT2D eigenvalue weighted by molar-refractivity contribution is 5.74. The number of rotatable bonds is 3. The molecule has 0 bridgehead atoms. The molecular formula is C9H17N3O. The molecule has 2 fully saturated rings. The molecule has 1 atom stereocenters. The molecule has 0 aromatic rings. The SMILES string of the molecule is NC(=O)CC1CN(C2CCNC2)C1. The highest BCUT2D eigenvalue weighted by Crippen LogP contribution is 2.23. The number of nitrogens with zero attached hydrogens (tertiary/aromatic N) is 1. The smallest absolute Gasteiger partial charge is 0.217 e. The fourth-order valence-electron chi connectivity index (χ4n) is 2.27. The van der Waals surface area contributed by atoms with E-state index in [1.807, 2.05) is 0 Å². The summed E-state index contributed by atoms with van der Waals surface area (Å²) in [4.78, 5) is 13.1. The summed E-state index contributed by atoms with van der Waals surface area (Å²) in [6, 6.07) is 0.712. The Labute approximate surface area is 78.5 Å². The zero-order valence-electron chi connectivity index (χ0n) is 7.83. The Hall–Kier alpha value is -0.610. The molecule has 2 aliphatic heterocycles. The maximum atomic E-state index is 10.6. The Morgan fingerprint density at radius 2 is 2.31 bits per heavy atom. The average Bonchev–Trinajstić information content (AvgIpc) is 2.46. The van der Waals surface area contributed by atoms with Crippen LogP contribution in [0.2, 0.25) is 0 Å². The van der Waals surface area contributed by atoms with Crippen molar-refractivity contribution in [1.82, 2.24) is 10.2 Å². The Balaban J connectivity index is 1.68. The maximum Gasteiger partial charge on any atom is 0.217 e. The fraction of sp³-hybridized carbons (Fsp3) is 0.889. The largest absolute Gasteiger partial charge is 0.370 e. The first-order valence-corrected chi connectivity index (χ1v) is 4.99. The highest BCUT2D eigenvalue weighted by Gasteiger charge is 2.33. The lowest BCUT2D eigenvalue weighted by Gasteiger charge is -2.42. The first kappa shape index (κ1) is 8.97. The van der Waals surface area contributed by atoms with Crippen LogP contribution in [0, 0.1) is 5.92 Å². The van der Waals surface area contributed by atoms with Crippen molar-refractivity contribution in [2.24, 2.45) is 11.7 Å². The summed E-state index contributed by atoms with van der Waals surface area (Å²) in [5.74, 6) is 0.368. The Kier molecular flexibility index (Phi) is 2.51. The van der Waals surface area contributed by atoms with E-state index >= 15 is 0 Å². The minimum atomic E-state index is -0.158. The van der Waals surface area contributed by atoms with E-state index in [9.17, 15) is 4.79 Å². The van der Waals surface area contributed by atoms with Crippen molar-refractivity contribution < 1.29 is 4.79 Å². The van der Waals surface area contributed by atoms with E-state index in [0.717, 1.165) is 26.2 Å². The second kappa shape index (κ2) is 3.64. The van der Waals surface area contributed by atoms with Crippen molar-refractivity contribution in [3.05, 3.63) is 0 Å². The number of nitrogens with one attached hydrogen (secondary N) is 1. The molecule has 2 aliphatic rings. The Morgan fingerprint density at radius 3 is 2.85 bits per heavy atom. The zero-order chi connectivity index (χ0) is 9.26. The van der Waals surface area contributed by atoms with Crippen molar-refractivity contribution >= 4 is 5.91 Å². The van der Waals surface area contributed by atoms with E-state index in [4.69, 9.17) is 5.73 Å². The van der Waals surface area contributed by atoms with Crippen molar-refractivity contribution in [2.75, 3.05) is 26.2 Å². The van der Waals surface area contributed by atoms with Gasteiger partial charge in [-0.1, -0.05) is 0 Å². The van der Waals surface area contributed by atoms with Gasteiger partial charge in [0.15, 0.2) is 0 Å². The van der Waals surface area contributed by atoms with E-state index in [1.54, 1.807) is 0 Å². The summed E-state index contributed by atoms with van der Waals surface area (Å²) in [7, 11) is 0. The van der Waals surface area contributed by atoms with E-state index in [1.165, 1.54) is 6.42 Å². The van der Waals surface area contributed by atoms with Crippen molar-refractivity contribution in [3.8, 4) is 0 Å². The lowest BCUT2D eigenvalue weighted by molar-refractivity contribution is -0.120. The van der Waals surface area contributed by atoms with Gasteiger partial charge in [-0.2, -0.15) is 0 Å². The van der Waals surface area contributed by atoms with Crippen molar-refractivity contribution in [1.29, 1.82) is 0 Å². The van der Waals surface area contributed by atoms with Gasteiger partial charge in [-0.15, -0.1) is 0 Å². The third-order valence-electron chi connectivity index (χ3n) is 3.03. The fourth-order valence-corrected chi connectivity index (χ4v) is 2.27. The van der Waals surface area contributed by atoms with Crippen LogP contribution in [0.5, 0.6) is 0 Å². The van der Waals surface area contributed by atoms with E-state index in [0.29, 0.717) is 18.4 Å². The van der Waals surface area contributed by atoms with Gasteiger partial charge in [0.05, 0.1) is 0 Å². The van der Waals surface area contributed by atoms with E-state index in [-0.39, 0.29) is 5.91 Å². The molecule has 0 saturated carbocycles. The lowest BCUT2D eigenvalue weighted by Crippen LogP contribution is -2.53. The standard InChI is InChI=1S/C9H17N3O/c10-9(13)3-7-5-12(6-7)8-1-2-11-4-8/h7-8,11H,1-6H2,(H2,10,13). The molecule has 4 heteroatoms. The topological polar surface area (TPSA) is 58.4 Å². The average molecular weight is 183 g/mol. The summed E-state index contributed by atoms with van der Waals surface area (Å²) < 4.78 is 0. The van der Waals surface area contributed by atoms with Gasteiger partial charge in [-0.25, -0.2) is 0 Å². The number of hydrogen-bond donors (Lipinski definition) is 2. The van der Waals surface area contributed by atoms with E-state index < -0.39 is 0 Å². The van der Waals surface area contributed by atoms with Gasteiger partial charge in [0.25, 0.3) is 0 Å². The van der Waals surface area contributed by atoms with Crippen molar-refractivity contribution in [3.63, 3.8) is 0 Å². The summed E-state index contributed by atoms with van der Waals surface area (Å²) in [6.45, 7) is 4.38. The Morgan fingerprint density at radius 1 is 1.54 bits per heavy atom. The number of hydrogen-bond acceptors (Lipinski definition) is 3. The molecule has 1 unspecified atom stereocenters.